The number of ether oxygens (including phenoxy) is 2. The second-order valence-corrected chi connectivity index (χ2v) is 6.27. The standard InChI is InChI=1S/C22H31N3O3/c1-3-23-22(24-14-19-12-8-9-13-21(19)28-4-2)25-15-20(26)17-27-16-18-10-6-5-7-11-18/h5-13,20,26H,3-4,14-17H2,1-2H3,(H2,23,24,25). The molecule has 0 saturated heterocycles. The molecule has 28 heavy (non-hydrogen) atoms. The molecule has 2 rings (SSSR count). The molecular formula is C22H31N3O3. The maximum atomic E-state index is 10.2. The SMILES string of the molecule is CCNC(=NCc1ccccc1OCC)NCC(O)COCc1ccccc1. The van der Waals surface area contributed by atoms with Gasteiger partial charge in [0.2, 0.25) is 0 Å². The van der Waals surface area contributed by atoms with Gasteiger partial charge in [0.1, 0.15) is 5.75 Å². The fraction of sp³-hybridized carbons (Fsp3) is 0.409. The molecule has 0 spiro atoms. The van der Waals surface area contributed by atoms with Gasteiger partial charge in [-0.2, -0.15) is 0 Å². The molecule has 152 valence electrons. The van der Waals surface area contributed by atoms with Crippen LogP contribution in [0.4, 0.5) is 0 Å². The second-order valence-electron chi connectivity index (χ2n) is 6.27. The quantitative estimate of drug-likeness (QED) is 0.410. The average molecular weight is 386 g/mol. The minimum absolute atomic E-state index is 0.258. The fourth-order valence-electron chi connectivity index (χ4n) is 2.60. The summed E-state index contributed by atoms with van der Waals surface area (Å²) in [6.45, 7) is 6.92. The van der Waals surface area contributed by atoms with Crippen LogP contribution in [0.15, 0.2) is 59.6 Å². The molecule has 0 saturated carbocycles. The van der Waals surface area contributed by atoms with Crippen molar-refractivity contribution in [3.05, 3.63) is 65.7 Å². The van der Waals surface area contributed by atoms with Crippen molar-refractivity contribution in [2.75, 3.05) is 26.3 Å². The first-order valence-electron chi connectivity index (χ1n) is 9.75. The lowest BCUT2D eigenvalue weighted by molar-refractivity contribution is 0.0308. The van der Waals surface area contributed by atoms with E-state index in [-0.39, 0.29) is 6.61 Å². The van der Waals surface area contributed by atoms with Crippen LogP contribution in [0.2, 0.25) is 0 Å². The van der Waals surface area contributed by atoms with Gasteiger partial charge in [0.15, 0.2) is 5.96 Å². The molecule has 0 fully saturated rings. The Bertz CT molecular complexity index is 707. The summed E-state index contributed by atoms with van der Waals surface area (Å²) < 4.78 is 11.2. The predicted molar refractivity (Wildman–Crippen MR) is 113 cm³/mol. The van der Waals surface area contributed by atoms with E-state index in [1.807, 2.05) is 68.4 Å². The third-order valence-electron chi connectivity index (χ3n) is 3.95. The number of aliphatic imine (C=N–C) groups is 1. The Morgan fingerprint density at radius 3 is 2.54 bits per heavy atom. The Morgan fingerprint density at radius 1 is 1.04 bits per heavy atom. The molecule has 6 heteroatoms. The first kappa shape index (κ1) is 21.7. The van der Waals surface area contributed by atoms with E-state index in [9.17, 15) is 5.11 Å². The van der Waals surface area contributed by atoms with E-state index >= 15 is 0 Å². The summed E-state index contributed by atoms with van der Waals surface area (Å²) >= 11 is 0. The highest BCUT2D eigenvalue weighted by atomic mass is 16.5. The van der Waals surface area contributed by atoms with Crippen molar-refractivity contribution in [3.63, 3.8) is 0 Å². The van der Waals surface area contributed by atoms with E-state index in [1.54, 1.807) is 0 Å². The zero-order valence-corrected chi connectivity index (χ0v) is 16.7. The number of aliphatic hydroxyl groups excluding tert-OH is 1. The van der Waals surface area contributed by atoms with E-state index in [2.05, 4.69) is 15.6 Å². The van der Waals surface area contributed by atoms with Crippen LogP contribution >= 0.6 is 0 Å². The zero-order valence-electron chi connectivity index (χ0n) is 16.7. The van der Waals surface area contributed by atoms with Gasteiger partial charge in [0, 0.05) is 18.7 Å². The Morgan fingerprint density at radius 2 is 1.79 bits per heavy atom. The Kier molecular flexibility index (Phi) is 9.89. The van der Waals surface area contributed by atoms with Crippen molar-refractivity contribution in [1.82, 2.24) is 10.6 Å². The Balaban J connectivity index is 1.80. The monoisotopic (exact) mass is 385 g/mol. The van der Waals surface area contributed by atoms with Gasteiger partial charge in [-0.15, -0.1) is 0 Å². The molecule has 6 nitrogen and oxygen atoms in total. The third-order valence-corrected chi connectivity index (χ3v) is 3.95. The van der Waals surface area contributed by atoms with Gasteiger partial charge in [-0.1, -0.05) is 48.5 Å². The molecule has 2 aromatic rings. The molecular weight excluding hydrogens is 354 g/mol. The summed E-state index contributed by atoms with van der Waals surface area (Å²) in [7, 11) is 0. The number of guanidine groups is 1. The minimum atomic E-state index is -0.622. The summed E-state index contributed by atoms with van der Waals surface area (Å²) in [5.41, 5.74) is 2.11. The molecule has 0 bridgehead atoms. The van der Waals surface area contributed by atoms with E-state index in [4.69, 9.17) is 9.47 Å². The number of hydrogen-bond acceptors (Lipinski definition) is 4. The highest BCUT2D eigenvalue weighted by Gasteiger charge is 2.07. The predicted octanol–water partition coefficient (Wildman–Crippen LogP) is 2.72. The number of benzene rings is 2. The summed E-state index contributed by atoms with van der Waals surface area (Å²) in [4.78, 5) is 4.59. The van der Waals surface area contributed by atoms with Crippen molar-refractivity contribution < 1.29 is 14.6 Å². The van der Waals surface area contributed by atoms with Crippen molar-refractivity contribution >= 4 is 5.96 Å². The molecule has 0 radical (unpaired) electrons. The van der Waals surface area contributed by atoms with Crippen LogP contribution in [-0.2, 0) is 17.9 Å². The highest BCUT2D eigenvalue weighted by Crippen LogP contribution is 2.18. The van der Waals surface area contributed by atoms with Crippen LogP contribution in [0.5, 0.6) is 5.75 Å². The van der Waals surface area contributed by atoms with Gasteiger partial charge in [0.25, 0.3) is 0 Å². The molecule has 3 N–H and O–H groups in total. The van der Waals surface area contributed by atoms with Gasteiger partial charge in [-0.3, -0.25) is 0 Å². The topological polar surface area (TPSA) is 75.1 Å². The molecule has 1 atom stereocenters. The first-order valence-corrected chi connectivity index (χ1v) is 9.75. The smallest absolute Gasteiger partial charge is 0.191 e. The molecule has 0 heterocycles. The molecule has 0 aliphatic carbocycles. The Hall–Kier alpha value is -2.57. The van der Waals surface area contributed by atoms with Crippen molar-refractivity contribution in [1.29, 1.82) is 0 Å². The third kappa shape index (κ3) is 7.98. The lowest BCUT2D eigenvalue weighted by Gasteiger charge is -2.16. The van der Waals surface area contributed by atoms with Gasteiger partial charge >= 0.3 is 0 Å². The maximum absolute atomic E-state index is 10.2. The van der Waals surface area contributed by atoms with Crippen LogP contribution in [0, 0.1) is 0 Å². The highest BCUT2D eigenvalue weighted by molar-refractivity contribution is 5.79. The number of nitrogens with zero attached hydrogens (tertiary/aromatic N) is 1. The van der Waals surface area contributed by atoms with Gasteiger partial charge in [-0.05, 0) is 25.5 Å². The summed E-state index contributed by atoms with van der Waals surface area (Å²) in [6.07, 6.45) is -0.622. The number of hydrogen-bond donors (Lipinski definition) is 3. The van der Waals surface area contributed by atoms with Crippen LogP contribution in [0.3, 0.4) is 0 Å². The van der Waals surface area contributed by atoms with E-state index < -0.39 is 6.10 Å². The maximum Gasteiger partial charge on any atom is 0.191 e. The molecule has 0 aliphatic rings. The van der Waals surface area contributed by atoms with Crippen molar-refractivity contribution in [3.8, 4) is 5.75 Å². The molecule has 0 amide bonds. The number of aliphatic hydroxyl groups is 1. The van der Waals surface area contributed by atoms with Crippen molar-refractivity contribution in [2.24, 2.45) is 4.99 Å². The molecule has 0 aromatic heterocycles. The first-order chi connectivity index (χ1) is 13.7. The minimum Gasteiger partial charge on any atom is -0.494 e. The Labute approximate surface area is 167 Å². The molecule has 2 aromatic carbocycles. The van der Waals surface area contributed by atoms with E-state index in [0.717, 1.165) is 23.4 Å². The van der Waals surface area contributed by atoms with Crippen LogP contribution in [-0.4, -0.2) is 43.5 Å². The van der Waals surface area contributed by atoms with Gasteiger partial charge in [0.05, 0.1) is 32.5 Å². The van der Waals surface area contributed by atoms with E-state index in [0.29, 0.717) is 32.3 Å². The number of nitrogens with one attached hydrogen (secondary N) is 2. The van der Waals surface area contributed by atoms with Crippen LogP contribution in [0.25, 0.3) is 0 Å². The molecule has 0 aliphatic heterocycles. The lowest BCUT2D eigenvalue weighted by Crippen LogP contribution is -2.42. The van der Waals surface area contributed by atoms with Crippen LogP contribution < -0.4 is 15.4 Å². The van der Waals surface area contributed by atoms with Crippen molar-refractivity contribution in [2.45, 2.75) is 33.1 Å². The van der Waals surface area contributed by atoms with Crippen LogP contribution in [0.1, 0.15) is 25.0 Å². The summed E-state index contributed by atoms with van der Waals surface area (Å²) in [5.74, 6) is 1.50. The number of rotatable bonds is 11. The second kappa shape index (κ2) is 12.8. The van der Waals surface area contributed by atoms with Gasteiger partial charge < -0.3 is 25.2 Å². The molecule has 1 unspecified atom stereocenters. The van der Waals surface area contributed by atoms with E-state index in [1.165, 1.54) is 0 Å². The summed E-state index contributed by atoms with van der Waals surface area (Å²) in [5, 5.41) is 16.5. The largest absolute Gasteiger partial charge is 0.494 e. The van der Waals surface area contributed by atoms with Gasteiger partial charge in [-0.25, -0.2) is 4.99 Å². The lowest BCUT2D eigenvalue weighted by atomic mass is 10.2. The average Bonchev–Trinajstić information content (AvgIpc) is 2.72. The summed E-state index contributed by atoms with van der Waals surface area (Å²) in [6, 6.07) is 17.8. The normalized spacial score (nSPS) is 12.5. The fourth-order valence-corrected chi connectivity index (χ4v) is 2.60. The number of para-hydroxylation sites is 1. The zero-order chi connectivity index (χ0) is 20.0.